The SMILES string of the molecule is CN(c1ncccc1CNC(=O)[C@@H]1CCOC1)C1CCCCC1. The van der Waals surface area contributed by atoms with E-state index in [1.807, 2.05) is 12.3 Å². The summed E-state index contributed by atoms with van der Waals surface area (Å²) in [7, 11) is 2.13. The summed E-state index contributed by atoms with van der Waals surface area (Å²) in [6, 6.07) is 4.57. The monoisotopic (exact) mass is 317 g/mol. The topological polar surface area (TPSA) is 54.5 Å². The summed E-state index contributed by atoms with van der Waals surface area (Å²) in [5, 5.41) is 3.05. The fourth-order valence-electron chi connectivity index (χ4n) is 3.60. The third kappa shape index (κ3) is 4.02. The molecule has 0 unspecified atom stereocenters. The van der Waals surface area contributed by atoms with Crippen LogP contribution in [0, 0.1) is 5.92 Å². The van der Waals surface area contributed by atoms with Crippen molar-refractivity contribution in [3.63, 3.8) is 0 Å². The second-order valence-electron chi connectivity index (χ2n) is 6.67. The van der Waals surface area contributed by atoms with Gasteiger partial charge in [-0.05, 0) is 25.3 Å². The molecule has 1 aromatic rings. The van der Waals surface area contributed by atoms with Crippen LogP contribution < -0.4 is 10.2 Å². The van der Waals surface area contributed by atoms with Gasteiger partial charge in [-0.3, -0.25) is 4.79 Å². The average Bonchev–Trinajstić information content (AvgIpc) is 3.15. The molecule has 3 rings (SSSR count). The van der Waals surface area contributed by atoms with E-state index in [0.717, 1.165) is 17.8 Å². The van der Waals surface area contributed by atoms with E-state index in [1.54, 1.807) is 0 Å². The number of ether oxygens (including phenoxy) is 1. The molecule has 126 valence electrons. The van der Waals surface area contributed by atoms with Crippen LogP contribution >= 0.6 is 0 Å². The normalized spacial score (nSPS) is 22.0. The number of nitrogens with one attached hydrogen (secondary N) is 1. The molecule has 0 spiro atoms. The quantitative estimate of drug-likeness (QED) is 0.906. The Labute approximate surface area is 138 Å². The van der Waals surface area contributed by atoms with Crippen molar-refractivity contribution in [3.8, 4) is 0 Å². The number of anilines is 1. The molecule has 23 heavy (non-hydrogen) atoms. The van der Waals surface area contributed by atoms with Crippen molar-refractivity contribution >= 4 is 11.7 Å². The minimum absolute atomic E-state index is 0.00574. The summed E-state index contributed by atoms with van der Waals surface area (Å²) in [4.78, 5) is 19.1. The summed E-state index contributed by atoms with van der Waals surface area (Å²) < 4.78 is 5.29. The van der Waals surface area contributed by atoms with E-state index in [9.17, 15) is 4.79 Å². The molecule has 1 saturated heterocycles. The highest BCUT2D eigenvalue weighted by Gasteiger charge is 2.24. The van der Waals surface area contributed by atoms with Gasteiger partial charge in [-0.15, -0.1) is 0 Å². The molecule has 1 saturated carbocycles. The summed E-state index contributed by atoms with van der Waals surface area (Å²) in [6.45, 7) is 1.78. The van der Waals surface area contributed by atoms with Gasteiger partial charge in [-0.2, -0.15) is 0 Å². The predicted molar refractivity (Wildman–Crippen MR) is 90.3 cm³/mol. The lowest BCUT2D eigenvalue weighted by Gasteiger charge is -2.33. The second-order valence-corrected chi connectivity index (χ2v) is 6.67. The molecule has 1 amide bonds. The smallest absolute Gasteiger partial charge is 0.225 e. The Balaban J connectivity index is 1.63. The average molecular weight is 317 g/mol. The predicted octanol–water partition coefficient (Wildman–Crippen LogP) is 2.50. The summed E-state index contributed by atoms with van der Waals surface area (Å²) in [5.41, 5.74) is 1.09. The van der Waals surface area contributed by atoms with Gasteiger partial charge >= 0.3 is 0 Å². The number of nitrogens with zero attached hydrogens (tertiary/aromatic N) is 2. The second kappa shape index (κ2) is 7.77. The highest BCUT2D eigenvalue weighted by Crippen LogP contribution is 2.27. The van der Waals surface area contributed by atoms with Crippen molar-refractivity contribution in [2.75, 3.05) is 25.2 Å². The van der Waals surface area contributed by atoms with E-state index in [2.05, 4.69) is 28.3 Å². The maximum Gasteiger partial charge on any atom is 0.225 e. The Hall–Kier alpha value is -1.62. The minimum atomic E-state index is 0.00574. The standard InChI is InChI=1S/C18H27N3O2/c1-21(16-7-3-2-4-8-16)17-14(6-5-10-19-17)12-20-18(22)15-9-11-23-13-15/h5-6,10,15-16H,2-4,7-9,11-13H2,1H3,(H,20,22)/t15-/m1/s1. The van der Waals surface area contributed by atoms with Crippen LogP contribution in [0.2, 0.25) is 0 Å². The number of aromatic nitrogens is 1. The number of carbonyl (C=O) groups excluding carboxylic acids is 1. The Morgan fingerprint density at radius 2 is 2.17 bits per heavy atom. The molecule has 0 aromatic carbocycles. The lowest BCUT2D eigenvalue weighted by atomic mass is 9.94. The number of hydrogen-bond acceptors (Lipinski definition) is 4. The molecule has 1 N–H and O–H groups in total. The van der Waals surface area contributed by atoms with Crippen molar-refractivity contribution in [2.45, 2.75) is 51.1 Å². The highest BCUT2D eigenvalue weighted by molar-refractivity contribution is 5.79. The molecule has 2 aliphatic rings. The molecular weight excluding hydrogens is 290 g/mol. The van der Waals surface area contributed by atoms with Gasteiger partial charge in [-0.25, -0.2) is 4.98 Å². The molecule has 1 aliphatic carbocycles. The number of rotatable bonds is 5. The van der Waals surface area contributed by atoms with Crippen LogP contribution in [-0.4, -0.2) is 37.2 Å². The van der Waals surface area contributed by atoms with Gasteiger partial charge in [0, 0.05) is 38.0 Å². The largest absolute Gasteiger partial charge is 0.381 e. The van der Waals surface area contributed by atoms with Gasteiger partial charge in [0.1, 0.15) is 5.82 Å². The van der Waals surface area contributed by atoms with Crippen LogP contribution in [0.1, 0.15) is 44.1 Å². The van der Waals surface area contributed by atoms with Crippen molar-refractivity contribution in [1.29, 1.82) is 0 Å². The first-order valence-electron chi connectivity index (χ1n) is 8.78. The van der Waals surface area contributed by atoms with Gasteiger partial charge < -0.3 is 15.0 Å². The van der Waals surface area contributed by atoms with Gasteiger partial charge in [0.25, 0.3) is 0 Å². The molecule has 2 heterocycles. The van der Waals surface area contributed by atoms with Gasteiger partial charge in [0.15, 0.2) is 0 Å². The highest BCUT2D eigenvalue weighted by atomic mass is 16.5. The van der Waals surface area contributed by atoms with E-state index in [1.165, 1.54) is 32.1 Å². The van der Waals surface area contributed by atoms with Crippen LogP contribution in [0.5, 0.6) is 0 Å². The molecule has 5 heteroatoms. The molecule has 0 bridgehead atoms. The number of amides is 1. The Kier molecular flexibility index (Phi) is 5.49. The molecule has 5 nitrogen and oxygen atoms in total. The molecule has 1 aromatic heterocycles. The van der Waals surface area contributed by atoms with Crippen molar-refractivity contribution in [1.82, 2.24) is 10.3 Å². The number of carbonyl (C=O) groups is 1. The van der Waals surface area contributed by atoms with Crippen LogP contribution in [0.15, 0.2) is 18.3 Å². The lowest BCUT2D eigenvalue weighted by molar-refractivity contribution is -0.125. The Morgan fingerprint density at radius 3 is 2.91 bits per heavy atom. The fraction of sp³-hybridized carbons (Fsp3) is 0.667. The zero-order valence-electron chi connectivity index (χ0n) is 14.0. The van der Waals surface area contributed by atoms with Gasteiger partial charge in [0.2, 0.25) is 5.91 Å². The van der Waals surface area contributed by atoms with Crippen LogP contribution in [0.3, 0.4) is 0 Å². The molecule has 1 atom stereocenters. The maximum atomic E-state index is 12.2. The lowest BCUT2D eigenvalue weighted by Crippen LogP contribution is -2.36. The fourth-order valence-corrected chi connectivity index (χ4v) is 3.60. The third-order valence-electron chi connectivity index (χ3n) is 5.08. The van der Waals surface area contributed by atoms with Crippen LogP contribution in [-0.2, 0) is 16.1 Å². The molecule has 1 aliphatic heterocycles. The van der Waals surface area contributed by atoms with Crippen LogP contribution in [0.25, 0.3) is 0 Å². The van der Waals surface area contributed by atoms with Crippen LogP contribution in [0.4, 0.5) is 5.82 Å². The first-order chi connectivity index (χ1) is 11.3. The van der Waals surface area contributed by atoms with E-state index < -0.39 is 0 Å². The minimum Gasteiger partial charge on any atom is -0.381 e. The zero-order valence-corrected chi connectivity index (χ0v) is 14.0. The first-order valence-corrected chi connectivity index (χ1v) is 8.78. The summed E-state index contributed by atoms with van der Waals surface area (Å²) >= 11 is 0. The summed E-state index contributed by atoms with van der Waals surface area (Å²) in [5.74, 6) is 1.10. The number of hydrogen-bond donors (Lipinski definition) is 1. The summed E-state index contributed by atoms with van der Waals surface area (Å²) in [6.07, 6.45) is 9.08. The van der Waals surface area contributed by atoms with Crippen molar-refractivity contribution < 1.29 is 9.53 Å². The first kappa shape index (κ1) is 16.2. The third-order valence-corrected chi connectivity index (χ3v) is 5.08. The molecule has 2 fully saturated rings. The number of pyridine rings is 1. The van der Waals surface area contributed by atoms with Crippen molar-refractivity contribution in [3.05, 3.63) is 23.9 Å². The van der Waals surface area contributed by atoms with Crippen molar-refractivity contribution in [2.24, 2.45) is 5.92 Å². The molecular formula is C18H27N3O2. The Morgan fingerprint density at radius 1 is 1.35 bits per heavy atom. The van der Waals surface area contributed by atoms with Gasteiger partial charge in [0.05, 0.1) is 12.5 Å². The van der Waals surface area contributed by atoms with Gasteiger partial charge in [-0.1, -0.05) is 25.3 Å². The molecule has 0 radical (unpaired) electrons. The zero-order chi connectivity index (χ0) is 16.1. The maximum absolute atomic E-state index is 12.2. The van der Waals surface area contributed by atoms with E-state index in [4.69, 9.17) is 4.74 Å². The van der Waals surface area contributed by atoms with E-state index >= 15 is 0 Å². The van der Waals surface area contributed by atoms with E-state index in [-0.39, 0.29) is 11.8 Å². The van der Waals surface area contributed by atoms with E-state index in [0.29, 0.717) is 25.8 Å². The Bertz CT molecular complexity index is 523.